The fraction of sp³-hybridized carbons (Fsp3) is 0.381. The third-order valence-electron chi connectivity index (χ3n) is 4.47. The summed E-state index contributed by atoms with van der Waals surface area (Å²) in [6.07, 6.45) is 1.58. The summed E-state index contributed by atoms with van der Waals surface area (Å²) in [5, 5.41) is 2.90. The van der Waals surface area contributed by atoms with Gasteiger partial charge in [-0.1, -0.05) is 44.2 Å². The monoisotopic (exact) mass is 424 g/mol. The van der Waals surface area contributed by atoms with Crippen molar-refractivity contribution in [1.29, 1.82) is 0 Å². The quantitative estimate of drug-likeness (QED) is 0.696. The number of benzene rings is 2. The van der Waals surface area contributed by atoms with Crippen molar-refractivity contribution in [2.75, 3.05) is 10.6 Å². The predicted octanol–water partition coefficient (Wildman–Crippen LogP) is 4.02. The molecule has 2 rings (SSSR count). The smallest absolute Gasteiger partial charge is 0.244 e. The van der Waals surface area contributed by atoms with Crippen molar-refractivity contribution in [3.8, 4) is 0 Å². The highest BCUT2D eigenvalue weighted by molar-refractivity contribution is 7.92. The van der Waals surface area contributed by atoms with E-state index in [4.69, 9.17) is 0 Å². The Kier molecular flexibility index (Phi) is 7.35. The van der Waals surface area contributed by atoms with E-state index in [1.165, 1.54) is 6.92 Å². The molecule has 0 spiro atoms. The van der Waals surface area contributed by atoms with E-state index in [1.54, 1.807) is 0 Å². The van der Waals surface area contributed by atoms with Gasteiger partial charge in [-0.3, -0.25) is 9.10 Å². The molecule has 8 heteroatoms. The van der Waals surface area contributed by atoms with E-state index in [1.807, 2.05) is 44.2 Å². The van der Waals surface area contributed by atoms with Gasteiger partial charge in [-0.15, -0.1) is 0 Å². The first-order chi connectivity index (χ1) is 13.5. The Balaban J connectivity index is 2.33. The number of carbonyl (C=O) groups is 1. The van der Waals surface area contributed by atoms with E-state index in [9.17, 15) is 22.0 Å². The number of hydrogen-bond donors (Lipinski definition) is 1. The zero-order valence-electron chi connectivity index (χ0n) is 16.9. The molecule has 0 aliphatic carbocycles. The minimum absolute atomic E-state index is 0.117. The van der Waals surface area contributed by atoms with Crippen LogP contribution in [0.25, 0.3) is 0 Å². The maximum atomic E-state index is 13.7. The molecule has 158 valence electrons. The predicted molar refractivity (Wildman–Crippen MR) is 110 cm³/mol. The minimum atomic E-state index is -3.93. The maximum absolute atomic E-state index is 13.7. The number of halogens is 2. The number of amides is 1. The van der Waals surface area contributed by atoms with Gasteiger partial charge in [0.2, 0.25) is 15.9 Å². The number of rotatable bonds is 8. The van der Waals surface area contributed by atoms with E-state index in [0.29, 0.717) is 6.42 Å². The lowest BCUT2D eigenvalue weighted by Crippen LogP contribution is -2.48. The van der Waals surface area contributed by atoms with Gasteiger partial charge in [0.05, 0.1) is 18.0 Å². The summed E-state index contributed by atoms with van der Waals surface area (Å²) >= 11 is 0. The molecule has 1 N–H and O–H groups in total. The van der Waals surface area contributed by atoms with Gasteiger partial charge < -0.3 is 5.32 Å². The summed E-state index contributed by atoms with van der Waals surface area (Å²) in [7, 11) is -3.93. The highest BCUT2D eigenvalue weighted by Crippen LogP contribution is 2.25. The Hall–Kier alpha value is -2.48. The van der Waals surface area contributed by atoms with Gasteiger partial charge in [0.1, 0.15) is 6.04 Å². The standard InChI is InChI=1S/C21H26F2N2O3S/c1-14(2)12-20(16-8-6-5-7-9-16)24-21(26)15(3)25(29(4,27)28)17-10-11-18(22)19(23)13-17/h5-11,13-15,20H,12H2,1-4H3,(H,24,26)/t15-,20+/m0/s1. The van der Waals surface area contributed by atoms with Crippen LogP contribution in [-0.4, -0.2) is 26.6 Å². The van der Waals surface area contributed by atoms with Crippen molar-refractivity contribution in [2.45, 2.75) is 39.3 Å². The SMILES string of the molecule is CC(C)C[C@@H](NC(=O)[C@H](C)N(c1ccc(F)c(F)c1)S(C)(=O)=O)c1ccccc1. The van der Waals surface area contributed by atoms with Gasteiger partial charge in [0, 0.05) is 6.07 Å². The molecule has 0 unspecified atom stereocenters. The molecule has 0 heterocycles. The van der Waals surface area contributed by atoms with E-state index < -0.39 is 33.6 Å². The second-order valence-electron chi connectivity index (χ2n) is 7.43. The molecule has 2 atom stereocenters. The minimum Gasteiger partial charge on any atom is -0.347 e. The van der Waals surface area contributed by atoms with Crippen molar-refractivity contribution < 1.29 is 22.0 Å². The molecular formula is C21H26F2N2O3S. The van der Waals surface area contributed by atoms with Crippen molar-refractivity contribution in [1.82, 2.24) is 5.32 Å². The third kappa shape index (κ3) is 6.00. The molecule has 5 nitrogen and oxygen atoms in total. The molecule has 0 radical (unpaired) electrons. The highest BCUT2D eigenvalue weighted by Gasteiger charge is 2.31. The Morgan fingerprint density at radius 2 is 1.66 bits per heavy atom. The van der Waals surface area contributed by atoms with Crippen molar-refractivity contribution in [3.63, 3.8) is 0 Å². The highest BCUT2D eigenvalue weighted by atomic mass is 32.2. The number of hydrogen-bond acceptors (Lipinski definition) is 3. The van der Waals surface area contributed by atoms with Gasteiger partial charge >= 0.3 is 0 Å². The van der Waals surface area contributed by atoms with Crippen LogP contribution in [0.15, 0.2) is 48.5 Å². The van der Waals surface area contributed by atoms with Crippen LogP contribution < -0.4 is 9.62 Å². The summed E-state index contributed by atoms with van der Waals surface area (Å²) in [5.74, 6) is -2.53. The Morgan fingerprint density at radius 1 is 1.03 bits per heavy atom. The molecule has 0 bridgehead atoms. The largest absolute Gasteiger partial charge is 0.347 e. The molecule has 1 amide bonds. The fourth-order valence-electron chi connectivity index (χ4n) is 3.16. The molecule has 29 heavy (non-hydrogen) atoms. The first-order valence-corrected chi connectivity index (χ1v) is 11.1. The lowest BCUT2D eigenvalue weighted by atomic mass is 9.96. The van der Waals surface area contributed by atoms with E-state index >= 15 is 0 Å². The van der Waals surface area contributed by atoms with Crippen LogP contribution in [0, 0.1) is 17.6 Å². The number of carbonyl (C=O) groups excluding carboxylic acids is 1. The van der Waals surface area contributed by atoms with Gasteiger partial charge in [0.25, 0.3) is 0 Å². The van der Waals surface area contributed by atoms with Crippen molar-refractivity contribution in [3.05, 3.63) is 65.7 Å². The number of sulfonamides is 1. The van der Waals surface area contributed by atoms with Gasteiger partial charge in [-0.25, -0.2) is 17.2 Å². The van der Waals surface area contributed by atoms with Gasteiger partial charge in [-0.05, 0) is 37.0 Å². The van der Waals surface area contributed by atoms with Crippen LogP contribution in [-0.2, 0) is 14.8 Å². The zero-order valence-corrected chi connectivity index (χ0v) is 17.7. The van der Waals surface area contributed by atoms with E-state index in [0.717, 1.165) is 34.3 Å². The molecule has 0 aromatic heterocycles. The van der Waals surface area contributed by atoms with Crippen LogP contribution in [0.2, 0.25) is 0 Å². The average molecular weight is 425 g/mol. The Bertz CT molecular complexity index is 950. The number of nitrogens with one attached hydrogen (secondary N) is 1. The summed E-state index contributed by atoms with van der Waals surface area (Å²) in [5.41, 5.74) is 0.787. The molecule has 0 saturated heterocycles. The van der Waals surface area contributed by atoms with Crippen molar-refractivity contribution in [2.24, 2.45) is 5.92 Å². The fourth-order valence-corrected chi connectivity index (χ4v) is 4.33. The van der Waals surface area contributed by atoms with Crippen LogP contribution in [0.5, 0.6) is 0 Å². The van der Waals surface area contributed by atoms with Gasteiger partial charge in [-0.2, -0.15) is 0 Å². The second-order valence-corrected chi connectivity index (χ2v) is 9.29. The lowest BCUT2D eigenvalue weighted by Gasteiger charge is -2.30. The molecule has 0 aliphatic heterocycles. The Labute approximate surface area is 170 Å². The second kappa shape index (κ2) is 9.35. The normalized spacial score (nSPS) is 13.8. The van der Waals surface area contributed by atoms with Gasteiger partial charge in [0.15, 0.2) is 11.6 Å². The maximum Gasteiger partial charge on any atom is 0.244 e. The lowest BCUT2D eigenvalue weighted by molar-refractivity contribution is -0.122. The Morgan fingerprint density at radius 3 is 2.17 bits per heavy atom. The molecule has 0 fully saturated rings. The van der Waals surface area contributed by atoms with Crippen LogP contribution in [0.3, 0.4) is 0 Å². The molecule has 2 aromatic rings. The molecule has 0 aliphatic rings. The van der Waals surface area contributed by atoms with Crippen LogP contribution in [0.4, 0.5) is 14.5 Å². The van der Waals surface area contributed by atoms with Crippen LogP contribution in [0.1, 0.15) is 38.8 Å². The topological polar surface area (TPSA) is 66.5 Å². The summed E-state index contributed by atoms with van der Waals surface area (Å²) in [6, 6.07) is 10.6. The first-order valence-electron chi connectivity index (χ1n) is 9.30. The average Bonchev–Trinajstić information content (AvgIpc) is 2.63. The van der Waals surface area contributed by atoms with E-state index in [-0.39, 0.29) is 17.6 Å². The van der Waals surface area contributed by atoms with Crippen LogP contribution >= 0.6 is 0 Å². The number of nitrogens with zero attached hydrogens (tertiary/aromatic N) is 1. The summed E-state index contributed by atoms with van der Waals surface area (Å²) in [6.45, 7) is 5.46. The van der Waals surface area contributed by atoms with Crippen molar-refractivity contribution >= 4 is 21.6 Å². The first kappa shape index (κ1) is 22.8. The number of anilines is 1. The molecule has 0 saturated carbocycles. The zero-order chi connectivity index (χ0) is 21.8. The molecular weight excluding hydrogens is 398 g/mol. The third-order valence-corrected chi connectivity index (χ3v) is 5.71. The summed E-state index contributed by atoms with van der Waals surface area (Å²) in [4.78, 5) is 12.9. The molecule has 2 aromatic carbocycles. The van der Waals surface area contributed by atoms with E-state index in [2.05, 4.69) is 5.32 Å². The summed E-state index contributed by atoms with van der Waals surface area (Å²) < 4.78 is 52.4.